The Morgan fingerprint density at radius 1 is 1.21 bits per heavy atom. The summed E-state index contributed by atoms with van der Waals surface area (Å²) in [5.74, 6) is 0.460. The number of amides is 1. The van der Waals surface area contributed by atoms with E-state index in [1.807, 2.05) is 44.2 Å². The third kappa shape index (κ3) is 6.79. The maximum Gasteiger partial charge on any atom is 0.251 e. The second-order valence-corrected chi connectivity index (χ2v) is 6.55. The minimum Gasteiger partial charge on any atom is -0.489 e. The van der Waals surface area contributed by atoms with Crippen molar-refractivity contribution in [1.82, 2.24) is 5.32 Å². The lowest BCUT2D eigenvalue weighted by molar-refractivity contribution is 0.0945. The van der Waals surface area contributed by atoms with Crippen LogP contribution in [0.5, 0.6) is 5.75 Å². The molecule has 0 atom stereocenters. The van der Waals surface area contributed by atoms with Crippen molar-refractivity contribution in [3.8, 4) is 5.75 Å². The summed E-state index contributed by atoms with van der Waals surface area (Å²) < 4.78 is 5.72. The molecule has 3 N–H and O–H groups in total. The molecule has 0 fully saturated rings. The molecule has 2 rings (SSSR count). The second-order valence-electron chi connectivity index (χ2n) is 6.12. The third-order valence-corrected chi connectivity index (χ3v) is 3.33. The fourth-order valence-corrected chi connectivity index (χ4v) is 2.14. The van der Waals surface area contributed by atoms with Crippen molar-refractivity contribution in [3.63, 3.8) is 0 Å². The molecule has 2 aromatic rings. The molecule has 0 bridgehead atoms. The molecule has 130 valence electrons. The molecule has 0 aliphatic carbocycles. The van der Waals surface area contributed by atoms with Gasteiger partial charge >= 0.3 is 0 Å². The Morgan fingerprint density at radius 3 is 2.58 bits per heavy atom. The van der Waals surface area contributed by atoms with Crippen LogP contribution in [0.1, 0.15) is 29.8 Å². The number of rotatable bonds is 6. The fraction of sp³-hybridized carbons (Fsp3) is 0.278. The zero-order valence-electron chi connectivity index (χ0n) is 13.7. The Bertz CT molecular complexity index is 685. The average molecular weight is 369 g/mol. The zero-order valence-corrected chi connectivity index (χ0v) is 15.3. The van der Waals surface area contributed by atoms with Crippen molar-refractivity contribution >= 4 is 29.9 Å². The van der Waals surface area contributed by atoms with E-state index in [0.29, 0.717) is 29.5 Å². The van der Waals surface area contributed by atoms with Crippen LogP contribution in [0.15, 0.2) is 48.5 Å². The van der Waals surface area contributed by atoms with Gasteiger partial charge in [0.05, 0.1) is 0 Å². The minimum absolute atomic E-state index is 0. The van der Waals surface area contributed by atoms with Gasteiger partial charge in [-0.05, 0) is 49.7 Å². The summed E-state index contributed by atoms with van der Waals surface area (Å²) in [5.41, 5.74) is 6.93. The SMILES string of the molecule is CC(C)(N)CNC(=O)c1cccc(OCc2cccc(Cl)c2)c1.Cl. The third-order valence-electron chi connectivity index (χ3n) is 3.10. The second kappa shape index (κ2) is 8.92. The molecule has 0 heterocycles. The number of carbonyl (C=O) groups is 1. The monoisotopic (exact) mass is 368 g/mol. The summed E-state index contributed by atoms with van der Waals surface area (Å²) in [6, 6.07) is 14.5. The van der Waals surface area contributed by atoms with E-state index in [4.69, 9.17) is 22.1 Å². The van der Waals surface area contributed by atoms with Gasteiger partial charge in [-0.25, -0.2) is 0 Å². The quantitative estimate of drug-likeness (QED) is 0.814. The molecule has 0 radical (unpaired) electrons. The molecule has 0 aliphatic rings. The highest BCUT2D eigenvalue weighted by Gasteiger charge is 2.13. The number of nitrogens with one attached hydrogen (secondary N) is 1. The first-order valence-corrected chi connectivity index (χ1v) is 7.76. The van der Waals surface area contributed by atoms with Crippen LogP contribution >= 0.6 is 24.0 Å². The van der Waals surface area contributed by atoms with E-state index in [0.717, 1.165) is 5.56 Å². The van der Waals surface area contributed by atoms with Crippen LogP contribution in [-0.4, -0.2) is 18.0 Å². The van der Waals surface area contributed by atoms with Crippen LogP contribution in [-0.2, 0) is 6.61 Å². The first-order chi connectivity index (χ1) is 10.8. The van der Waals surface area contributed by atoms with Crippen LogP contribution in [0, 0.1) is 0 Å². The first-order valence-electron chi connectivity index (χ1n) is 7.38. The van der Waals surface area contributed by atoms with E-state index in [-0.39, 0.29) is 18.3 Å². The Morgan fingerprint density at radius 2 is 1.92 bits per heavy atom. The summed E-state index contributed by atoms with van der Waals surface area (Å²) in [5, 5.41) is 3.48. The van der Waals surface area contributed by atoms with Crippen molar-refractivity contribution in [1.29, 1.82) is 0 Å². The molecule has 0 unspecified atom stereocenters. The summed E-state index contributed by atoms with van der Waals surface area (Å²) >= 11 is 5.95. The fourth-order valence-electron chi connectivity index (χ4n) is 1.93. The van der Waals surface area contributed by atoms with Gasteiger partial charge in [0, 0.05) is 22.7 Å². The molecule has 24 heavy (non-hydrogen) atoms. The van der Waals surface area contributed by atoms with E-state index in [9.17, 15) is 4.79 Å². The average Bonchev–Trinajstić information content (AvgIpc) is 2.50. The van der Waals surface area contributed by atoms with Crippen LogP contribution in [0.25, 0.3) is 0 Å². The number of carbonyl (C=O) groups excluding carboxylic acids is 1. The lowest BCUT2D eigenvalue weighted by atomic mass is 10.1. The molecule has 0 aliphatic heterocycles. The Hall–Kier alpha value is -1.75. The first kappa shape index (κ1) is 20.3. The number of hydrogen-bond acceptors (Lipinski definition) is 3. The molecule has 4 nitrogen and oxygen atoms in total. The van der Waals surface area contributed by atoms with Crippen molar-refractivity contribution in [3.05, 3.63) is 64.7 Å². The van der Waals surface area contributed by atoms with Crippen molar-refractivity contribution in [2.24, 2.45) is 5.73 Å². The van der Waals surface area contributed by atoms with Gasteiger partial charge in [-0.3, -0.25) is 4.79 Å². The van der Waals surface area contributed by atoms with Crippen LogP contribution in [0.2, 0.25) is 5.02 Å². The largest absolute Gasteiger partial charge is 0.489 e. The van der Waals surface area contributed by atoms with Crippen molar-refractivity contribution in [2.45, 2.75) is 26.0 Å². The van der Waals surface area contributed by atoms with Gasteiger partial charge in [0.15, 0.2) is 0 Å². The molecule has 2 aromatic carbocycles. The smallest absolute Gasteiger partial charge is 0.251 e. The maximum atomic E-state index is 12.1. The molecular weight excluding hydrogens is 347 g/mol. The number of halogens is 2. The summed E-state index contributed by atoms with van der Waals surface area (Å²) in [6.07, 6.45) is 0. The van der Waals surface area contributed by atoms with E-state index in [1.54, 1.807) is 18.2 Å². The molecule has 6 heteroatoms. The Kier molecular flexibility index (Phi) is 7.55. The molecular formula is C18H22Cl2N2O2. The lowest BCUT2D eigenvalue weighted by Crippen LogP contribution is -2.45. The highest BCUT2D eigenvalue weighted by Crippen LogP contribution is 2.17. The van der Waals surface area contributed by atoms with Crippen LogP contribution < -0.4 is 15.8 Å². The normalized spacial score (nSPS) is 10.7. The molecule has 0 aromatic heterocycles. The predicted octanol–water partition coefficient (Wildman–Crippen LogP) is 3.81. The van der Waals surface area contributed by atoms with Crippen molar-refractivity contribution < 1.29 is 9.53 Å². The van der Waals surface area contributed by atoms with E-state index in [2.05, 4.69) is 5.32 Å². The molecule has 1 amide bonds. The predicted molar refractivity (Wildman–Crippen MR) is 100 cm³/mol. The topological polar surface area (TPSA) is 64.3 Å². The summed E-state index contributed by atoms with van der Waals surface area (Å²) in [4.78, 5) is 12.1. The van der Waals surface area contributed by atoms with Gasteiger partial charge < -0.3 is 15.8 Å². The standard InChI is InChI=1S/C18H21ClN2O2.ClH/c1-18(2,20)12-21-17(22)14-6-4-8-16(10-14)23-11-13-5-3-7-15(19)9-13;/h3-10H,11-12,20H2,1-2H3,(H,21,22);1H. The van der Waals surface area contributed by atoms with Gasteiger partial charge in [0.2, 0.25) is 0 Å². The van der Waals surface area contributed by atoms with Gasteiger partial charge in [0.25, 0.3) is 5.91 Å². The van der Waals surface area contributed by atoms with Gasteiger partial charge in [-0.2, -0.15) is 0 Å². The number of nitrogens with two attached hydrogens (primary N) is 1. The van der Waals surface area contributed by atoms with Gasteiger partial charge in [-0.15, -0.1) is 12.4 Å². The number of ether oxygens (including phenoxy) is 1. The van der Waals surface area contributed by atoms with Gasteiger partial charge in [0.1, 0.15) is 12.4 Å². The zero-order chi connectivity index (χ0) is 16.9. The Labute approximate surface area is 153 Å². The summed E-state index contributed by atoms with van der Waals surface area (Å²) in [6.45, 7) is 4.51. The van der Waals surface area contributed by atoms with E-state index < -0.39 is 5.54 Å². The molecule has 0 spiro atoms. The Balaban J connectivity index is 0.00000288. The van der Waals surface area contributed by atoms with Crippen LogP contribution in [0.4, 0.5) is 0 Å². The summed E-state index contributed by atoms with van der Waals surface area (Å²) in [7, 11) is 0. The number of hydrogen-bond donors (Lipinski definition) is 2. The minimum atomic E-state index is -0.448. The lowest BCUT2D eigenvalue weighted by Gasteiger charge is -2.19. The van der Waals surface area contributed by atoms with Gasteiger partial charge in [-0.1, -0.05) is 29.8 Å². The van der Waals surface area contributed by atoms with E-state index in [1.165, 1.54) is 0 Å². The van der Waals surface area contributed by atoms with E-state index >= 15 is 0 Å². The van der Waals surface area contributed by atoms with Crippen LogP contribution in [0.3, 0.4) is 0 Å². The number of benzene rings is 2. The highest BCUT2D eigenvalue weighted by atomic mass is 35.5. The highest BCUT2D eigenvalue weighted by molar-refractivity contribution is 6.30. The molecule has 0 saturated heterocycles. The maximum absolute atomic E-state index is 12.1. The molecule has 0 saturated carbocycles. The van der Waals surface area contributed by atoms with Crippen molar-refractivity contribution in [2.75, 3.05) is 6.54 Å².